The fraction of sp³-hybridized carbons (Fsp3) is 0.436. The molecular weight excluding hydrogens is 708 g/mol. The predicted molar refractivity (Wildman–Crippen MR) is 249 cm³/mol. The summed E-state index contributed by atoms with van der Waals surface area (Å²) in [5, 5.41) is 1.56. The molecule has 0 radical (unpaired) electrons. The lowest BCUT2D eigenvalue weighted by Crippen LogP contribution is -2.40. The first kappa shape index (κ1) is 42.8. The lowest BCUT2D eigenvalue weighted by atomic mass is 9.73. The molecule has 0 amide bonds. The Hall–Kier alpha value is -3.80. The van der Waals surface area contributed by atoms with E-state index in [1.807, 2.05) is 0 Å². The smallest absolute Gasteiger partial charge is 0.134 e. The van der Waals surface area contributed by atoms with Gasteiger partial charge in [-0.05, 0) is 108 Å². The number of benzene rings is 5. The van der Waals surface area contributed by atoms with Gasteiger partial charge in [-0.1, -0.05) is 206 Å². The Morgan fingerprint density at radius 3 is 0.982 bits per heavy atom. The number of ketones is 1. The Labute approximate surface area is 347 Å². The summed E-state index contributed by atoms with van der Waals surface area (Å²) in [6.45, 7) is 28.5. The molecule has 0 aromatic heterocycles. The highest BCUT2D eigenvalue weighted by Crippen LogP contribution is 2.60. The quantitative estimate of drug-likeness (QED) is 0.0860. The van der Waals surface area contributed by atoms with E-state index in [9.17, 15) is 4.79 Å². The molecule has 4 atom stereocenters. The number of Topliss-reactive ketones (excluding diaryl/α,β-unsaturated/α-hetero) is 1. The van der Waals surface area contributed by atoms with E-state index in [0.717, 1.165) is 0 Å². The van der Waals surface area contributed by atoms with Gasteiger partial charge in [0, 0.05) is 24.7 Å². The summed E-state index contributed by atoms with van der Waals surface area (Å²) in [5.41, 5.74) is 14.9. The highest BCUT2D eigenvalue weighted by atomic mass is 31.1. The molecular formula is C55H69OP. The molecule has 4 unspecified atom stereocenters. The van der Waals surface area contributed by atoms with Crippen LogP contribution in [0.15, 0.2) is 115 Å². The fourth-order valence-corrected chi connectivity index (χ4v) is 14.2. The molecule has 2 heteroatoms. The molecule has 6 rings (SSSR count). The van der Waals surface area contributed by atoms with Crippen molar-refractivity contribution in [3.05, 3.63) is 171 Å². The number of rotatable bonds is 13. The second-order valence-corrected chi connectivity index (χ2v) is 21.4. The molecule has 1 aliphatic heterocycles. The van der Waals surface area contributed by atoms with Gasteiger partial charge in [0.25, 0.3) is 0 Å². The Balaban J connectivity index is 1.86. The van der Waals surface area contributed by atoms with Gasteiger partial charge < -0.3 is 0 Å². The minimum Gasteiger partial charge on any atom is -0.300 e. The minimum atomic E-state index is -0.788. The van der Waals surface area contributed by atoms with Gasteiger partial charge in [0.2, 0.25) is 0 Å². The monoisotopic (exact) mass is 777 g/mol. The van der Waals surface area contributed by atoms with E-state index >= 15 is 0 Å². The van der Waals surface area contributed by atoms with Crippen molar-refractivity contribution in [2.75, 3.05) is 0 Å². The van der Waals surface area contributed by atoms with Crippen LogP contribution in [0.4, 0.5) is 0 Å². The van der Waals surface area contributed by atoms with E-state index in [-0.39, 0.29) is 11.8 Å². The molecule has 300 valence electrons. The third-order valence-electron chi connectivity index (χ3n) is 12.8. The second kappa shape index (κ2) is 18.4. The maximum absolute atomic E-state index is 13.9. The van der Waals surface area contributed by atoms with E-state index in [1.165, 1.54) is 55.6 Å². The van der Waals surface area contributed by atoms with E-state index < -0.39 is 7.92 Å². The molecule has 0 bridgehead atoms. The molecule has 0 aliphatic carbocycles. The normalized spacial score (nSPS) is 18.7. The first-order valence-electron chi connectivity index (χ1n) is 22.0. The predicted octanol–water partition coefficient (Wildman–Crippen LogP) is 15.1. The molecule has 1 fully saturated rings. The summed E-state index contributed by atoms with van der Waals surface area (Å²) < 4.78 is 0. The van der Waals surface area contributed by atoms with Crippen molar-refractivity contribution in [3.8, 4) is 0 Å². The van der Waals surface area contributed by atoms with Crippen LogP contribution in [-0.4, -0.2) is 17.1 Å². The van der Waals surface area contributed by atoms with E-state index in [0.29, 0.717) is 65.5 Å². The van der Waals surface area contributed by atoms with Crippen molar-refractivity contribution in [3.63, 3.8) is 0 Å². The molecule has 1 nitrogen and oxygen atoms in total. The third-order valence-corrected chi connectivity index (χ3v) is 16.8. The summed E-state index contributed by atoms with van der Waals surface area (Å²) >= 11 is 0. The molecule has 1 aliphatic rings. The van der Waals surface area contributed by atoms with Crippen LogP contribution in [-0.2, 0) is 4.79 Å². The van der Waals surface area contributed by atoms with E-state index in [1.54, 1.807) is 5.30 Å². The van der Waals surface area contributed by atoms with Gasteiger partial charge in [-0.25, -0.2) is 0 Å². The average Bonchev–Trinajstić information content (AvgIpc) is 3.18. The second-order valence-electron chi connectivity index (χ2n) is 18.8. The molecule has 1 saturated heterocycles. The van der Waals surface area contributed by atoms with Crippen molar-refractivity contribution in [1.29, 1.82) is 0 Å². The van der Waals surface area contributed by atoms with Crippen LogP contribution in [0.2, 0.25) is 0 Å². The topological polar surface area (TPSA) is 17.1 Å². The number of hydrogen-bond donors (Lipinski definition) is 0. The van der Waals surface area contributed by atoms with Gasteiger partial charge in [0.1, 0.15) is 5.78 Å². The first-order valence-corrected chi connectivity index (χ1v) is 23.5. The molecule has 1 heterocycles. The van der Waals surface area contributed by atoms with Crippen molar-refractivity contribution in [1.82, 2.24) is 0 Å². The highest BCUT2D eigenvalue weighted by Gasteiger charge is 2.44. The van der Waals surface area contributed by atoms with Crippen LogP contribution in [0.5, 0.6) is 0 Å². The zero-order valence-corrected chi connectivity index (χ0v) is 37.9. The van der Waals surface area contributed by atoms with Gasteiger partial charge in [-0.2, -0.15) is 0 Å². The number of carbonyl (C=O) groups excluding carboxylic acids is 1. The maximum Gasteiger partial charge on any atom is 0.134 e. The Bertz CT molecular complexity index is 1910. The van der Waals surface area contributed by atoms with Crippen molar-refractivity contribution < 1.29 is 4.79 Å². The first-order chi connectivity index (χ1) is 27.2. The molecule has 0 spiro atoms. The largest absolute Gasteiger partial charge is 0.300 e. The zero-order chi connectivity index (χ0) is 41.1. The average molecular weight is 777 g/mol. The fourth-order valence-electron chi connectivity index (χ4n) is 9.96. The molecule has 57 heavy (non-hydrogen) atoms. The summed E-state index contributed by atoms with van der Waals surface area (Å²) in [6.07, 6.45) is 1.35. The lowest BCUT2D eigenvalue weighted by Gasteiger charge is -2.45. The van der Waals surface area contributed by atoms with Crippen LogP contribution in [0.1, 0.15) is 187 Å². The van der Waals surface area contributed by atoms with Crippen molar-refractivity contribution in [2.24, 2.45) is 11.8 Å². The van der Waals surface area contributed by atoms with Gasteiger partial charge in [0.05, 0.1) is 0 Å². The van der Waals surface area contributed by atoms with E-state index in [4.69, 9.17) is 0 Å². The summed E-state index contributed by atoms with van der Waals surface area (Å²) in [6, 6.07) is 44.3. The highest BCUT2D eigenvalue weighted by molar-refractivity contribution is 7.67. The van der Waals surface area contributed by atoms with Crippen molar-refractivity contribution in [2.45, 2.75) is 143 Å². The van der Waals surface area contributed by atoms with Gasteiger partial charge >= 0.3 is 0 Å². The van der Waals surface area contributed by atoms with Crippen LogP contribution in [0, 0.1) is 11.8 Å². The lowest BCUT2D eigenvalue weighted by molar-refractivity contribution is -0.119. The number of carbonyl (C=O) groups is 1. The van der Waals surface area contributed by atoms with E-state index in [2.05, 4.69) is 198 Å². The molecule has 0 N–H and O–H groups in total. The minimum absolute atomic E-state index is 0.0410. The summed E-state index contributed by atoms with van der Waals surface area (Å²) in [4.78, 5) is 13.9. The zero-order valence-electron chi connectivity index (χ0n) is 37.0. The Morgan fingerprint density at radius 2 is 0.702 bits per heavy atom. The standard InChI is InChI=1S/C55H69OP/c1-34(2)43-26-19-27-44(35(3)4)53(43)51(40-22-15-13-16-23-40)47-30-21-31-48(55(47)57-49(38(9)10)32-42(56)33-50(57)39(11)12)52(41-24-17-14-18-25-41)54-45(36(5)6)28-20-29-46(54)37(7)8/h13-31,34-39,49-52H,32-33H2,1-12H3. The Morgan fingerprint density at radius 1 is 0.404 bits per heavy atom. The van der Waals surface area contributed by atoms with Crippen LogP contribution >= 0.6 is 7.92 Å². The summed E-state index contributed by atoms with van der Waals surface area (Å²) in [7, 11) is -0.788. The van der Waals surface area contributed by atoms with Gasteiger partial charge in [-0.3, -0.25) is 4.79 Å². The number of hydrogen-bond acceptors (Lipinski definition) is 1. The van der Waals surface area contributed by atoms with Crippen LogP contribution in [0.25, 0.3) is 0 Å². The Kier molecular flexibility index (Phi) is 13.8. The van der Waals surface area contributed by atoms with Crippen LogP contribution < -0.4 is 5.30 Å². The molecule has 5 aromatic carbocycles. The third kappa shape index (κ3) is 8.81. The van der Waals surface area contributed by atoms with Crippen LogP contribution in [0.3, 0.4) is 0 Å². The summed E-state index contributed by atoms with van der Waals surface area (Å²) in [5.74, 6) is 2.76. The van der Waals surface area contributed by atoms with Gasteiger partial charge in [0.15, 0.2) is 0 Å². The molecule has 5 aromatic rings. The SMILES string of the molecule is CC(C)c1cccc(C(C)C)c1C(c1ccccc1)c1cccc(C(c2ccccc2)c2c(C(C)C)cccc2C(C)C)c1P1C(C(C)C)CC(=O)CC1C(C)C. The maximum atomic E-state index is 13.9. The van der Waals surface area contributed by atoms with Crippen molar-refractivity contribution >= 4 is 19.0 Å². The molecule has 0 saturated carbocycles. The van der Waals surface area contributed by atoms with Gasteiger partial charge in [-0.15, -0.1) is 0 Å².